The number of carbonyl (C=O) groups is 2. The number of H-pyrrole nitrogens is 1. The molecule has 1 aromatic heterocycles. The van der Waals surface area contributed by atoms with Gasteiger partial charge in [-0.05, 0) is 18.2 Å². The van der Waals surface area contributed by atoms with Crippen molar-refractivity contribution in [3.8, 4) is 11.3 Å². The van der Waals surface area contributed by atoms with Crippen molar-refractivity contribution in [1.29, 1.82) is 0 Å². The van der Waals surface area contributed by atoms with Gasteiger partial charge >= 0.3 is 6.03 Å². The lowest BCUT2D eigenvalue weighted by molar-refractivity contribution is 0.100. The normalized spacial score (nSPS) is 10.3. The number of benzene rings is 1. The number of urea groups is 1. The Morgan fingerprint density at radius 3 is 2.45 bits per heavy atom. The maximum atomic E-state index is 11.4. The van der Waals surface area contributed by atoms with Gasteiger partial charge in [-0.3, -0.25) is 4.79 Å². The zero-order valence-electron chi connectivity index (χ0n) is 10.0. The Labute approximate surface area is 124 Å². The quantitative estimate of drug-likeness (QED) is 0.697. The SMILES string of the molecule is NC(=O)Nc1c(-c2[nH]ccc2C(N)=O)ccc(Cl)c1Cl. The van der Waals surface area contributed by atoms with Gasteiger partial charge in [0.2, 0.25) is 0 Å². The van der Waals surface area contributed by atoms with Gasteiger partial charge in [-0.1, -0.05) is 23.2 Å². The number of hydrogen-bond donors (Lipinski definition) is 4. The summed E-state index contributed by atoms with van der Waals surface area (Å²) in [6.45, 7) is 0. The maximum absolute atomic E-state index is 11.4. The van der Waals surface area contributed by atoms with Gasteiger partial charge in [-0.25, -0.2) is 4.79 Å². The monoisotopic (exact) mass is 312 g/mol. The molecule has 6 N–H and O–H groups in total. The number of amides is 3. The molecule has 0 saturated heterocycles. The first-order chi connectivity index (χ1) is 9.41. The molecular weight excluding hydrogens is 303 g/mol. The second kappa shape index (κ2) is 5.44. The van der Waals surface area contributed by atoms with Crippen LogP contribution in [0.15, 0.2) is 24.4 Å². The van der Waals surface area contributed by atoms with Gasteiger partial charge in [0.15, 0.2) is 0 Å². The average Bonchev–Trinajstić information content (AvgIpc) is 2.84. The van der Waals surface area contributed by atoms with Gasteiger partial charge in [0.25, 0.3) is 5.91 Å². The zero-order chi connectivity index (χ0) is 14.9. The molecule has 0 bridgehead atoms. The molecule has 0 saturated carbocycles. The number of halogens is 2. The Hall–Kier alpha value is -2.18. The Morgan fingerprint density at radius 2 is 1.85 bits per heavy atom. The summed E-state index contributed by atoms with van der Waals surface area (Å²) in [5, 5.41) is 2.75. The highest BCUT2D eigenvalue weighted by molar-refractivity contribution is 6.44. The molecule has 0 atom stereocenters. The molecule has 20 heavy (non-hydrogen) atoms. The predicted octanol–water partition coefficient (Wildman–Crippen LogP) is 2.58. The topological polar surface area (TPSA) is 114 Å². The van der Waals surface area contributed by atoms with E-state index in [0.29, 0.717) is 11.3 Å². The van der Waals surface area contributed by atoms with Crippen LogP contribution in [0.25, 0.3) is 11.3 Å². The molecule has 0 aliphatic rings. The highest BCUT2D eigenvalue weighted by Gasteiger charge is 2.18. The van der Waals surface area contributed by atoms with Crippen molar-refractivity contribution in [2.45, 2.75) is 0 Å². The Balaban J connectivity index is 2.67. The van der Waals surface area contributed by atoms with Crippen LogP contribution in [0.2, 0.25) is 10.0 Å². The molecule has 104 valence electrons. The standard InChI is InChI=1S/C12H10Cl2N4O2/c13-7-2-1-5(10(8(7)14)18-12(16)20)9-6(11(15)19)3-4-17-9/h1-4,17H,(H2,15,19)(H3,16,18,20). The van der Waals surface area contributed by atoms with E-state index in [-0.39, 0.29) is 21.3 Å². The van der Waals surface area contributed by atoms with Crippen LogP contribution in [-0.2, 0) is 0 Å². The summed E-state index contributed by atoms with van der Waals surface area (Å²) in [6, 6.07) is 3.85. The largest absolute Gasteiger partial charge is 0.366 e. The highest BCUT2D eigenvalue weighted by atomic mass is 35.5. The van der Waals surface area contributed by atoms with Crippen molar-refractivity contribution in [2.24, 2.45) is 11.5 Å². The summed E-state index contributed by atoms with van der Waals surface area (Å²) in [5.41, 5.74) is 11.7. The van der Waals surface area contributed by atoms with Gasteiger partial charge in [0.1, 0.15) is 0 Å². The fourth-order valence-corrected chi connectivity index (χ4v) is 2.17. The van der Waals surface area contributed by atoms with Crippen LogP contribution < -0.4 is 16.8 Å². The van der Waals surface area contributed by atoms with Crippen LogP contribution in [0.5, 0.6) is 0 Å². The van der Waals surface area contributed by atoms with Crippen LogP contribution in [0, 0.1) is 0 Å². The maximum Gasteiger partial charge on any atom is 0.316 e. The summed E-state index contributed by atoms with van der Waals surface area (Å²) >= 11 is 12.0. The number of rotatable bonds is 3. The molecule has 8 heteroatoms. The number of carbonyl (C=O) groups excluding carboxylic acids is 2. The molecule has 2 aromatic rings. The third-order valence-electron chi connectivity index (χ3n) is 2.62. The summed E-state index contributed by atoms with van der Waals surface area (Å²) in [6.07, 6.45) is 1.55. The number of aromatic amines is 1. The molecule has 0 unspecified atom stereocenters. The minimum absolute atomic E-state index is 0.119. The van der Waals surface area contributed by atoms with Crippen molar-refractivity contribution in [1.82, 2.24) is 4.98 Å². The van der Waals surface area contributed by atoms with Crippen LogP contribution in [0.1, 0.15) is 10.4 Å². The van der Waals surface area contributed by atoms with Gasteiger partial charge in [-0.2, -0.15) is 0 Å². The third-order valence-corrected chi connectivity index (χ3v) is 3.43. The molecular formula is C12H10Cl2N4O2. The van der Waals surface area contributed by atoms with Crippen LogP contribution in [0.4, 0.5) is 10.5 Å². The van der Waals surface area contributed by atoms with Crippen molar-refractivity contribution in [3.05, 3.63) is 40.0 Å². The predicted molar refractivity (Wildman–Crippen MR) is 78.0 cm³/mol. The summed E-state index contributed by atoms with van der Waals surface area (Å²) in [7, 11) is 0. The van der Waals surface area contributed by atoms with Crippen LogP contribution >= 0.6 is 23.2 Å². The lowest BCUT2D eigenvalue weighted by Crippen LogP contribution is -2.20. The van der Waals surface area contributed by atoms with Crippen molar-refractivity contribution in [3.63, 3.8) is 0 Å². The third kappa shape index (κ3) is 2.56. The number of nitrogens with one attached hydrogen (secondary N) is 2. The number of hydrogen-bond acceptors (Lipinski definition) is 2. The summed E-state index contributed by atoms with van der Waals surface area (Å²) in [4.78, 5) is 25.3. The average molecular weight is 313 g/mol. The van der Waals surface area contributed by atoms with Gasteiger partial charge in [0, 0.05) is 11.8 Å². The van der Waals surface area contributed by atoms with E-state index in [1.165, 1.54) is 12.1 Å². The lowest BCUT2D eigenvalue weighted by Gasteiger charge is -2.12. The van der Waals surface area contributed by atoms with E-state index < -0.39 is 11.9 Å². The first kappa shape index (κ1) is 14.2. The van der Waals surface area contributed by atoms with Crippen LogP contribution in [0.3, 0.4) is 0 Å². The van der Waals surface area contributed by atoms with E-state index in [4.69, 9.17) is 34.7 Å². The summed E-state index contributed by atoms with van der Waals surface area (Å²) in [5.74, 6) is -0.614. The van der Waals surface area contributed by atoms with Crippen molar-refractivity contribution >= 4 is 40.8 Å². The highest BCUT2D eigenvalue weighted by Crippen LogP contribution is 2.39. The van der Waals surface area contributed by atoms with E-state index in [9.17, 15) is 9.59 Å². The number of anilines is 1. The lowest BCUT2D eigenvalue weighted by atomic mass is 10.1. The molecule has 0 fully saturated rings. The van der Waals surface area contributed by atoms with Crippen LogP contribution in [-0.4, -0.2) is 16.9 Å². The molecule has 0 radical (unpaired) electrons. The fourth-order valence-electron chi connectivity index (χ4n) is 1.80. The second-order valence-electron chi connectivity index (χ2n) is 3.90. The van der Waals surface area contributed by atoms with Gasteiger partial charge < -0.3 is 21.8 Å². The van der Waals surface area contributed by atoms with E-state index in [1.54, 1.807) is 12.3 Å². The zero-order valence-corrected chi connectivity index (χ0v) is 11.5. The van der Waals surface area contributed by atoms with Crippen molar-refractivity contribution < 1.29 is 9.59 Å². The molecule has 6 nitrogen and oxygen atoms in total. The smallest absolute Gasteiger partial charge is 0.316 e. The molecule has 1 aromatic carbocycles. The Bertz CT molecular complexity index is 697. The number of aromatic nitrogens is 1. The molecule has 0 aliphatic heterocycles. The minimum Gasteiger partial charge on any atom is -0.366 e. The van der Waals surface area contributed by atoms with Gasteiger partial charge in [0.05, 0.1) is 27.0 Å². The van der Waals surface area contributed by atoms with E-state index in [1.807, 2.05) is 0 Å². The first-order valence-corrected chi connectivity index (χ1v) is 6.19. The van der Waals surface area contributed by atoms with Crippen molar-refractivity contribution in [2.75, 3.05) is 5.32 Å². The number of nitrogens with two attached hydrogens (primary N) is 2. The first-order valence-electron chi connectivity index (χ1n) is 5.43. The number of primary amides is 2. The van der Waals surface area contributed by atoms with Gasteiger partial charge in [-0.15, -0.1) is 0 Å². The Kier molecular flexibility index (Phi) is 3.87. The molecule has 1 heterocycles. The Morgan fingerprint density at radius 1 is 1.15 bits per heavy atom. The second-order valence-corrected chi connectivity index (χ2v) is 4.69. The van der Waals surface area contributed by atoms with E-state index in [0.717, 1.165) is 0 Å². The van der Waals surface area contributed by atoms with E-state index in [2.05, 4.69) is 10.3 Å². The molecule has 0 aliphatic carbocycles. The fraction of sp³-hybridized carbons (Fsp3) is 0. The molecule has 3 amide bonds. The minimum atomic E-state index is -0.803. The van der Waals surface area contributed by atoms with E-state index >= 15 is 0 Å². The molecule has 2 rings (SSSR count). The summed E-state index contributed by atoms with van der Waals surface area (Å²) < 4.78 is 0. The molecule has 0 spiro atoms.